The molecule has 0 bridgehead atoms. The number of thiophene rings is 1. The van der Waals surface area contributed by atoms with Crippen molar-refractivity contribution >= 4 is 27.0 Å². The van der Waals surface area contributed by atoms with Gasteiger partial charge in [-0.2, -0.15) is 0 Å². The molecule has 0 aliphatic rings. The summed E-state index contributed by atoms with van der Waals surface area (Å²) in [7, 11) is -4.27. The maximum Gasteiger partial charge on any atom is 0.263 e. The molecule has 0 saturated carbocycles. The van der Waals surface area contributed by atoms with E-state index in [1.807, 2.05) is 0 Å². The highest BCUT2D eigenvalue weighted by Crippen LogP contribution is 2.30. The Kier molecular flexibility index (Phi) is 4.26. The van der Waals surface area contributed by atoms with E-state index in [4.69, 9.17) is 5.11 Å². The average molecular weight is 337 g/mol. The SMILES string of the molecule is Cc1csc(CO)c1S(=O)(=O)Nc1cc(F)cc(F)c1F. The van der Waals surface area contributed by atoms with Crippen molar-refractivity contribution in [3.05, 3.63) is 45.4 Å². The average Bonchev–Trinajstić information content (AvgIpc) is 2.77. The van der Waals surface area contributed by atoms with Crippen LogP contribution in [0.25, 0.3) is 0 Å². The molecule has 2 aromatic rings. The van der Waals surface area contributed by atoms with Crippen LogP contribution in [0.1, 0.15) is 10.4 Å². The molecular weight excluding hydrogens is 327 g/mol. The fourth-order valence-electron chi connectivity index (χ4n) is 1.78. The van der Waals surface area contributed by atoms with Gasteiger partial charge in [-0.25, -0.2) is 21.6 Å². The smallest absolute Gasteiger partial charge is 0.263 e. The van der Waals surface area contributed by atoms with Gasteiger partial charge in [-0.3, -0.25) is 4.72 Å². The lowest BCUT2D eigenvalue weighted by Gasteiger charge is -2.10. The van der Waals surface area contributed by atoms with Gasteiger partial charge < -0.3 is 5.11 Å². The summed E-state index contributed by atoms with van der Waals surface area (Å²) in [6, 6.07) is 0.846. The molecule has 21 heavy (non-hydrogen) atoms. The Morgan fingerprint density at radius 1 is 1.29 bits per heavy atom. The van der Waals surface area contributed by atoms with Gasteiger partial charge in [-0.1, -0.05) is 0 Å². The van der Waals surface area contributed by atoms with Crippen LogP contribution in [0.4, 0.5) is 18.9 Å². The molecule has 9 heteroatoms. The molecule has 0 radical (unpaired) electrons. The number of hydrogen-bond donors (Lipinski definition) is 2. The van der Waals surface area contributed by atoms with E-state index in [2.05, 4.69) is 0 Å². The number of hydrogen-bond acceptors (Lipinski definition) is 4. The molecule has 0 unspecified atom stereocenters. The number of rotatable bonds is 4. The lowest BCUT2D eigenvalue weighted by molar-refractivity contribution is 0.282. The van der Waals surface area contributed by atoms with E-state index in [-0.39, 0.29) is 9.77 Å². The normalized spacial score (nSPS) is 11.7. The summed E-state index contributed by atoms with van der Waals surface area (Å²) in [5, 5.41) is 10.6. The zero-order valence-corrected chi connectivity index (χ0v) is 12.3. The van der Waals surface area contributed by atoms with Gasteiger partial charge in [-0.05, 0) is 17.9 Å². The van der Waals surface area contributed by atoms with Gasteiger partial charge in [0, 0.05) is 12.1 Å². The third-order valence-corrected chi connectivity index (χ3v) is 5.45. The second kappa shape index (κ2) is 5.66. The van der Waals surface area contributed by atoms with Crippen LogP contribution in [0, 0.1) is 24.4 Å². The summed E-state index contributed by atoms with van der Waals surface area (Å²) < 4.78 is 65.9. The molecule has 0 saturated heterocycles. The minimum absolute atomic E-state index is 0.150. The number of aliphatic hydroxyl groups is 1. The van der Waals surface area contributed by atoms with Crippen molar-refractivity contribution in [3.8, 4) is 0 Å². The predicted octanol–water partition coefficient (Wildman–Crippen LogP) is 2.77. The Labute approximate surface area is 122 Å². The summed E-state index contributed by atoms with van der Waals surface area (Å²) in [4.78, 5) is -0.0728. The zero-order valence-electron chi connectivity index (χ0n) is 10.7. The minimum Gasteiger partial charge on any atom is -0.391 e. The Hall–Kier alpha value is -1.58. The molecule has 0 aliphatic heterocycles. The zero-order chi connectivity index (χ0) is 15.8. The monoisotopic (exact) mass is 337 g/mol. The van der Waals surface area contributed by atoms with Gasteiger partial charge in [0.15, 0.2) is 11.6 Å². The molecule has 0 atom stereocenters. The summed E-state index contributed by atoms with van der Waals surface area (Å²) in [5.74, 6) is -4.12. The number of aliphatic hydroxyl groups excluding tert-OH is 1. The van der Waals surface area contributed by atoms with Crippen molar-refractivity contribution in [1.82, 2.24) is 0 Å². The van der Waals surface area contributed by atoms with E-state index in [0.717, 1.165) is 11.3 Å². The molecule has 2 N–H and O–H groups in total. The van der Waals surface area contributed by atoms with Crippen LogP contribution >= 0.6 is 11.3 Å². The van der Waals surface area contributed by atoms with Gasteiger partial charge in [0.05, 0.1) is 17.2 Å². The number of anilines is 1. The van der Waals surface area contributed by atoms with E-state index < -0.39 is 39.8 Å². The largest absolute Gasteiger partial charge is 0.391 e. The molecule has 2 rings (SSSR count). The third kappa shape index (κ3) is 3.04. The number of nitrogens with one attached hydrogen (secondary N) is 1. The first-order valence-corrected chi connectivity index (χ1v) is 7.97. The Morgan fingerprint density at radius 3 is 2.57 bits per heavy atom. The van der Waals surface area contributed by atoms with E-state index in [9.17, 15) is 21.6 Å². The first kappa shape index (κ1) is 15.8. The van der Waals surface area contributed by atoms with Crippen molar-refractivity contribution in [1.29, 1.82) is 0 Å². The summed E-state index contributed by atoms with van der Waals surface area (Å²) >= 11 is 1.01. The van der Waals surface area contributed by atoms with Gasteiger partial charge in [-0.15, -0.1) is 11.3 Å². The summed E-state index contributed by atoms with van der Waals surface area (Å²) in [6.45, 7) is 0.974. The van der Waals surface area contributed by atoms with Crippen LogP contribution in [-0.4, -0.2) is 13.5 Å². The summed E-state index contributed by atoms with van der Waals surface area (Å²) in [5.41, 5.74) is -0.490. The third-order valence-electron chi connectivity index (χ3n) is 2.64. The van der Waals surface area contributed by atoms with Crippen LogP contribution in [0.3, 0.4) is 0 Å². The molecule has 1 heterocycles. The van der Waals surface area contributed by atoms with Gasteiger partial charge in [0.1, 0.15) is 10.7 Å². The van der Waals surface area contributed by atoms with Crippen LogP contribution in [0.2, 0.25) is 0 Å². The Balaban J connectivity index is 2.50. The molecule has 114 valence electrons. The van der Waals surface area contributed by atoms with E-state index in [1.54, 1.807) is 4.72 Å². The predicted molar refractivity (Wildman–Crippen MR) is 72.1 cm³/mol. The fraction of sp³-hybridized carbons (Fsp3) is 0.167. The minimum atomic E-state index is -4.27. The second-order valence-corrected chi connectivity index (χ2v) is 6.77. The maximum atomic E-state index is 13.5. The molecule has 1 aromatic heterocycles. The quantitative estimate of drug-likeness (QED) is 0.843. The highest BCUT2D eigenvalue weighted by molar-refractivity contribution is 7.93. The van der Waals surface area contributed by atoms with Crippen molar-refractivity contribution in [2.75, 3.05) is 4.72 Å². The highest BCUT2D eigenvalue weighted by Gasteiger charge is 2.25. The molecular formula is C12H10F3NO3S2. The first-order chi connectivity index (χ1) is 9.76. The Morgan fingerprint density at radius 2 is 1.95 bits per heavy atom. The van der Waals surface area contributed by atoms with E-state index in [1.165, 1.54) is 12.3 Å². The van der Waals surface area contributed by atoms with Crippen LogP contribution in [-0.2, 0) is 16.6 Å². The van der Waals surface area contributed by atoms with Crippen molar-refractivity contribution in [2.24, 2.45) is 0 Å². The topological polar surface area (TPSA) is 66.4 Å². The van der Waals surface area contributed by atoms with E-state index in [0.29, 0.717) is 17.7 Å². The van der Waals surface area contributed by atoms with Crippen molar-refractivity contribution in [3.63, 3.8) is 0 Å². The molecule has 1 aromatic carbocycles. The fourth-order valence-corrected chi connectivity index (χ4v) is 4.50. The van der Waals surface area contributed by atoms with E-state index >= 15 is 0 Å². The van der Waals surface area contributed by atoms with Crippen molar-refractivity contribution < 1.29 is 26.7 Å². The van der Waals surface area contributed by atoms with Crippen molar-refractivity contribution in [2.45, 2.75) is 18.4 Å². The lowest BCUT2D eigenvalue weighted by Crippen LogP contribution is -2.16. The molecule has 4 nitrogen and oxygen atoms in total. The number of benzene rings is 1. The maximum absolute atomic E-state index is 13.5. The number of sulfonamides is 1. The molecule has 0 amide bonds. The molecule has 0 fully saturated rings. The Bertz CT molecular complexity index is 787. The number of aryl methyl sites for hydroxylation is 1. The van der Waals surface area contributed by atoms with Crippen LogP contribution in [0.15, 0.2) is 22.4 Å². The lowest BCUT2D eigenvalue weighted by atomic mass is 10.3. The van der Waals surface area contributed by atoms with Crippen LogP contribution in [0.5, 0.6) is 0 Å². The molecule has 0 spiro atoms. The van der Waals surface area contributed by atoms with Gasteiger partial charge >= 0.3 is 0 Å². The second-order valence-electron chi connectivity index (χ2n) is 4.18. The standard InChI is InChI=1S/C12H10F3NO3S2/c1-6-5-20-10(4-17)12(6)21(18,19)16-9-3-7(13)2-8(14)11(9)15/h2-3,5,16-17H,4H2,1H3. The number of halogens is 3. The van der Waals surface area contributed by atoms with Gasteiger partial charge in [0.25, 0.3) is 10.0 Å². The summed E-state index contributed by atoms with van der Waals surface area (Å²) in [6.07, 6.45) is 0. The first-order valence-electron chi connectivity index (χ1n) is 5.61. The highest BCUT2D eigenvalue weighted by atomic mass is 32.2. The molecule has 0 aliphatic carbocycles. The van der Waals surface area contributed by atoms with Crippen LogP contribution < -0.4 is 4.72 Å². The van der Waals surface area contributed by atoms with Gasteiger partial charge in [0.2, 0.25) is 0 Å².